The highest BCUT2D eigenvalue weighted by Gasteiger charge is 2.24. The topological polar surface area (TPSA) is 87.9 Å². The SMILES string of the molecule is C=S(C)(=O)CCN[C@H]1CCCc2c(-c3nnc(-c4ccc(OC(C)C)c(C#N)c4)s3)cccc21. The second kappa shape index (κ2) is 10.3. The van der Waals surface area contributed by atoms with Crippen molar-refractivity contribution in [1.82, 2.24) is 15.5 Å². The lowest BCUT2D eigenvalue weighted by Crippen LogP contribution is -2.29. The van der Waals surface area contributed by atoms with Gasteiger partial charge in [0.05, 0.1) is 11.7 Å². The van der Waals surface area contributed by atoms with Crippen molar-refractivity contribution in [2.24, 2.45) is 0 Å². The van der Waals surface area contributed by atoms with Crippen molar-refractivity contribution in [3.8, 4) is 33.0 Å². The molecular weight excluding hydrogens is 464 g/mol. The van der Waals surface area contributed by atoms with Crippen LogP contribution in [0.2, 0.25) is 0 Å². The van der Waals surface area contributed by atoms with Gasteiger partial charge < -0.3 is 10.1 Å². The predicted molar refractivity (Wildman–Crippen MR) is 141 cm³/mol. The van der Waals surface area contributed by atoms with Gasteiger partial charge in [0.2, 0.25) is 0 Å². The number of hydrogen-bond donors (Lipinski definition) is 1. The van der Waals surface area contributed by atoms with Crippen LogP contribution in [0.1, 0.15) is 49.4 Å². The van der Waals surface area contributed by atoms with Gasteiger partial charge in [-0.3, -0.25) is 4.21 Å². The summed E-state index contributed by atoms with van der Waals surface area (Å²) in [6, 6.07) is 14.4. The molecule has 2 atom stereocenters. The molecule has 0 fully saturated rings. The van der Waals surface area contributed by atoms with Gasteiger partial charge in [-0.15, -0.1) is 10.2 Å². The number of ether oxygens (including phenoxy) is 1. The fourth-order valence-electron chi connectivity index (χ4n) is 4.27. The summed E-state index contributed by atoms with van der Waals surface area (Å²) in [5.41, 5.74) is 5.06. The van der Waals surface area contributed by atoms with Crippen molar-refractivity contribution >= 4 is 26.7 Å². The van der Waals surface area contributed by atoms with Gasteiger partial charge in [-0.1, -0.05) is 29.5 Å². The van der Waals surface area contributed by atoms with E-state index in [2.05, 4.69) is 45.7 Å². The molecular formula is C26H30N4O2S2. The van der Waals surface area contributed by atoms with Crippen molar-refractivity contribution < 1.29 is 8.95 Å². The summed E-state index contributed by atoms with van der Waals surface area (Å²) in [7, 11) is -2.00. The highest BCUT2D eigenvalue weighted by Crippen LogP contribution is 2.39. The lowest BCUT2D eigenvalue weighted by Gasteiger charge is -2.28. The number of nitrogens with zero attached hydrogens (tertiary/aromatic N) is 3. The van der Waals surface area contributed by atoms with Crippen LogP contribution in [-0.4, -0.2) is 44.9 Å². The zero-order chi connectivity index (χ0) is 24.3. The van der Waals surface area contributed by atoms with Crippen molar-refractivity contribution in [3.05, 3.63) is 53.1 Å². The third-order valence-corrected chi connectivity index (χ3v) is 7.87. The minimum Gasteiger partial charge on any atom is -0.490 e. The summed E-state index contributed by atoms with van der Waals surface area (Å²) < 4.78 is 17.7. The van der Waals surface area contributed by atoms with Gasteiger partial charge in [0.15, 0.2) is 0 Å². The maximum Gasteiger partial charge on any atom is 0.148 e. The first-order valence-corrected chi connectivity index (χ1v) is 14.6. The van der Waals surface area contributed by atoms with Gasteiger partial charge in [-0.2, -0.15) is 5.26 Å². The molecule has 8 heteroatoms. The number of nitrogens with one attached hydrogen (secondary N) is 1. The number of fused-ring (bicyclic) bond motifs is 1. The molecule has 1 unspecified atom stereocenters. The predicted octanol–water partition coefficient (Wildman–Crippen LogP) is 4.84. The van der Waals surface area contributed by atoms with E-state index in [4.69, 9.17) is 4.74 Å². The molecule has 1 aliphatic rings. The molecule has 1 aliphatic carbocycles. The Balaban J connectivity index is 1.60. The van der Waals surface area contributed by atoms with Gasteiger partial charge in [0.1, 0.15) is 21.8 Å². The average Bonchev–Trinajstić information content (AvgIpc) is 3.28. The van der Waals surface area contributed by atoms with Crippen molar-refractivity contribution in [2.75, 3.05) is 18.6 Å². The van der Waals surface area contributed by atoms with Crippen LogP contribution < -0.4 is 10.1 Å². The van der Waals surface area contributed by atoms with Crippen LogP contribution in [0, 0.1) is 11.3 Å². The zero-order valence-electron chi connectivity index (χ0n) is 19.8. The molecule has 6 nitrogen and oxygen atoms in total. The lowest BCUT2D eigenvalue weighted by atomic mass is 9.85. The molecule has 0 bridgehead atoms. The summed E-state index contributed by atoms with van der Waals surface area (Å²) in [4.78, 5) is 0. The third-order valence-electron chi connectivity index (χ3n) is 5.80. The normalized spacial score (nSPS) is 17.1. The maximum absolute atomic E-state index is 11.9. The van der Waals surface area contributed by atoms with Gasteiger partial charge in [-0.05, 0) is 77.8 Å². The average molecular weight is 495 g/mol. The second-order valence-corrected chi connectivity index (χ2v) is 12.8. The van der Waals surface area contributed by atoms with Crippen LogP contribution in [0.4, 0.5) is 0 Å². The molecule has 3 aromatic rings. The molecule has 34 heavy (non-hydrogen) atoms. The third kappa shape index (κ3) is 5.66. The highest BCUT2D eigenvalue weighted by atomic mass is 32.2. The van der Waals surface area contributed by atoms with Crippen LogP contribution in [-0.2, 0) is 15.9 Å². The van der Waals surface area contributed by atoms with Gasteiger partial charge in [0, 0.05) is 35.7 Å². The van der Waals surface area contributed by atoms with Crippen LogP contribution in [0.15, 0.2) is 36.4 Å². The monoisotopic (exact) mass is 494 g/mol. The van der Waals surface area contributed by atoms with E-state index in [1.807, 2.05) is 32.0 Å². The van der Waals surface area contributed by atoms with E-state index in [9.17, 15) is 9.47 Å². The van der Waals surface area contributed by atoms with Gasteiger partial charge >= 0.3 is 0 Å². The Labute approximate surface area is 206 Å². The molecule has 178 valence electrons. The number of nitriles is 1. The first-order valence-electron chi connectivity index (χ1n) is 11.5. The maximum atomic E-state index is 11.9. The van der Waals surface area contributed by atoms with Crippen molar-refractivity contribution in [1.29, 1.82) is 5.26 Å². The Hall–Kier alpha value is -2.73. The highest BCUT2D eigenvalue weighted by molar-refractivity contribution is 7.99. The molecule has 0 radical (unpaired) electrons. The summed E-state index contributed by atoms with van der Waals surface area (Å²) in [5, 5.41) is 23.7. The van der Waals surface area contributed by atoms with Crippen LogP contribution in [0.3, 0.4) is 0 Å². The summed E-state index contributed by atoms with van der Waals surface area (Å²) in [6.45, 7) is 4.57. The number of hydrogen-bond acceptors (Lipinski definition) is 7. The van der Waals surface area contributed by atoms with E-state index in [0.29, 0.717) is 23.6 Å². The molecule has 0 spiro atoms. The van der Waals surface area contributed by atoms with Crippen LogP contribution in [0.25, 0.3) is 21.1 Å². The van der Waals surface area contributed by atoms with Crippen LogP contribution >= 0.6 is 11.3 Å². The molecule has 0 saturated carbocycles. The fourth-order valence-corrected chi connectivity index (χ4v) is 5.71. The summed E-state index contributed by atoms with van der Waals surface area (Å²) >= 11 is 1.53. The number of benzene rings is 2. The molecule has 2 aromatic carbocycles. The molecule has 4 rings (SSSR count). The van der Waals surface area contributed by atoms with Crippen LogP contribution in [0.5, 0.6) is 5.75 Å². The van der Waals surface area contributed by atoms with E-state index < -0.39 is 9.52 Å². The number of aromatic nitrogens is 2. The van der Waals surface area contributed by atoms with Crippen molar-refractivity contribution in [3.63, 3.8) is 0 Å². The Morgan fingerprint density at radius 3 is 2.82 bits per heavy atom. The minimum absolute atomic E-state index is 0.00152. The zero-order valence-corrected chi connectivity index (χ0v) is 21.5. The Morgan fingerprint density at radius 1 is 1.29 bits per heavy atom. The lowest BCUT2D eigenvalue weighted by molar-refractivity contribution is 0.242. The second-order valence-electron chi connectivity index (χ2n) is 9.06. The molecule has 1 heterocycles. The molecule has 0 aliphatic heterocycles. The summed E-state index contributed by atoms with van der Waals surface area (Å²) in [6.07, 6.45) is 4.85. The first kappa shape index (κ1) is 24.4. The summed E-state index contributed by atoms with van der Waals surface area (Å²) in [5.74, 6) is 4.91. The van der Waals surface area contributed by atoms with E-state index in [1.54, 1.807) is 6.26 Å². The van der Waals surface area contributed by atoms with E-state index in [-0.39, 0.29) is 12.1 Å². The van der Waals surface area contributed by atoms with Gasteiger partial charge in [0.25, 0.3) is 0 Å². The Kier molecular flexibility index (Phi) is 7.36. The Bertz CT molecular complexity index is 1320. The molecule has 0 amide bonds. The minimum atomic E-state index is -2.00. The smallest absolute Gasteiger partial charge is 0.148 e. The van der Waals surface area contributed by atoms with E-state index in [0.717, 1.165) is 40.4 Å². The standard InChI is InChI=1S/C26H30N4O2S2/c1-17(2)32-24-12-11-18(15-19(24)16-27)25-29-30-26(33-25)22-9-5-8-21-20(22)7-6-10-23(21)28-13-14-34(3,4)31/h5,8-9,11-12,15,17,23,28H,3,6-7,10,13-14H2,1-2,4H3/t23-,34?/m0/s1. The molecule has 1 N–H and O–H groups in total. The largest absolute Gasteiger partial charge is 0.490 e. The molecule has 0 saturated heterocycles. The van der Waals surface area contributed by atoms with E-state index in [1.165, 1.54) is 22.5 Å². The van der Waals surface area contributed by atoms with E-state index >= 15 is 0 Å². The van der Waals surface area contributed by atoms with Gasteiger partial charge in [-0.25, -0.2) is 0 Å². The van der Waals surface area contributed by atoms with Crippen molar-refractivity contribution in [2.45, 2.75) is 45.3 Å². The quantitative estimate of drug-likeness (QED) is 0.451. The Morgan fingerprint density at radius 2 is 2.09 bits per heavy atom. The molecule has 1 aromatic heterocycles. The first-order chi connectivity index (χ1) is 16.2. The number of rotatable bonds is 8. The fraction of sp³-hybridized carbons (Fsp3) is 0.385.